The van der Waals surface area contributed by atoms with Gasteiger partial charge in [0.25, 0.3) is 0 Å². The lowest BCUT2D eigenvalue weighted by Crippen LogP contribution is -2.45. The van der Waals surface area contributed by atoms with Crippen LogP contribution in [0.3, 0.4) is 0 Å². The first kappa shape index (κ1) is 26.6. The van der Waals surface area contributed by atoms with Gasteiger partial charge >= 0.3 is 6.18 Å². The summed E-state index contributed by atoms with van der Waals surface area (Å²) in [6, 6.07) is 9.79. The van der Waals surface area contributed by atoms with Gasteiger partial charge in [0.15, 0.2) is 5.15 Å². The van der Waals surface area contributed by atoms with Crippen LogP contribution in [0.15, 0.2) is 59.6 Å². The molecule has 1 aromatic heterocycles. The van der Waals surface area contributed by atoms with Crippen molar-refractivity contribution in [3.63, 3.8) is 0 Å². The molecule has 4 rings (SSSR count). The predicted molar refractivity (Wildman–Crippen MR) is 124 cm³/mol. The van der Waals surface area contributed by atoms with Crippen LogP contribution in [0.1, 0.15) is 23.1 Å². The van der Waals surface area contributed by atoms with E-state index < -0.39 is 46.4 Å². The van der Waals surface area contributed by atoms with Crippen LogP contribution >= 0.6 is 11.6 Å². The van der Waals surface area contributed by atoms with Crippen LogP contribution in [0.5, 0.6) is 0 Å². The third-order valence-corrected chi connectivity index (χ3v) is 7.96. The van der Waals surface area contributed by atoms with E-state index in [1.807, 2.05) is 6.07 Å². The highest BCUT2D eigenvalue weighted by molar-refractivity contribution is 7.89. The number of hydrogen-bond acceptors (Lipinski definition) is 5. The van der Waals surface area contributed by atoms with Gasteiger partial charge in [-0.25, -0.2) is 17.5 Å². The highest BCUT2D eigenvalue weighted by atomic mass is 35.5. The van der Waals surface area contributed by atoms with Gasteiger partial charge in [0, 0.05) is 31.3 Å². The summed E-state index contributed by atoms with van der Waals surface area (Å²) in [5.74, 6) is -0.754. The summed E-state index contributed by atoms with van der Waals surface area (Å²) in [6.45, 7) is -0.691. The predicted octanol–water partition coefficient (Wildman–Crippen LogP) is 3.83. The minimum atomic E-state index is -4.49. The highest BCUT2D eigenvalue weighted by Crippen LogP contribution is 2.30. The molecule has 0 bridgehead atoms. The Morgan fingerprint density at radius 1 is 1.16 bits per heavy atom. The van der Waals surface area contributed by atoms with Crippen LogP contribution in [0.2, 0.25) is 5.15 Å². The van der Waals surface area contributed by atoms with Crippen molar-refractivity contribution in [2.75, 3.05) is 6.54 Å². The van der Waals surface area contributed by atoms with Gasteiger partial charge in [-0.3, -0.25) is 4.79 Å². The third-order valence-electron chi connectivity index (χ3n) is 5.75. The molecule has 0 unspecified atom stereocenters. The van der Waals surface area contributed by atoms with Crippen molar-refractivity contribution in [3.05, 3.63) is 76.6 Å². The fourth-order valence-electron chi connectivity index (χ4n) is 3.84. The number of carbonyl (C=O) groups excluding carboxylic acids is 1. The maximum absolute atomic E-state index is 14.2. The molecule has 0 spiro atoms. The number of hydrogen-bond donors (Lipinski definition) is 1. The molecule has 2 atom stereocenters. The topological polar surface area (TPSA) is 108 Å². The number of amides is 1. The quantitative estimate of drug-likeness (QED) is 0.465. The van der Waals surface area contributed by atoms with Crippen molar-refractivity contribution in [3.8, 4) is 11.8 Å². The Bertz CT molecular complexity index is 1450. The van der Waals surface area contributed by atoms with Gasteiger partial charge in [0.1, 0.15) is 12.2 Å². The standard InChI is InChI=1S/C23H18ClF4N5O3S/c24-21-15(12-32(31-21)18-5-3-16(4-6-18)23(26,27)28)11-30-22(34)20-9-17(25)13-33(20)37(35,36)19-7-1-14(10-29)2-8-19/h1-8,12,17,20H,9,11,13H2,(H,30,34)/t17-,20+/m1/s1. The molecule has 0 radical (unpaired) electrons. The van der Waals surface area contributed by atoms with E-state index in [1.165, 1.54) is 47.3 Å². The molecule has 1 saturated heterocycles. The maximum atomic E-state index is 14.2. The van der Waals surface area contributed by atoms with Crippen LogP contribution in [0, 0.1) is 11.3 Å². The largest absolute Gasteiger partial charge is 0.416 e. The zero-order valence-electron chi connectivity index (χ0n) is 18.8. The molecule has 1 aliphatic heterocycles. The van der Waals surface area contributed by atoms with Crippen molar-refractivity contribution in [1.82, 2.24) is 19.4 Å². The number of sulfonamides is 1. The second-order valence-electron chi connectivity index (χ2n) is 8.21. The molecule has 1 aliphatic rings. The van der Waals surface area contributed by atoms with Crippen LogP contribution < -0.4 is 5.32 Å². The monoisotopic (exact) mass is 555 g/mol. The van der Waals surface area contributed by atoms with Crippen molar-refractivity contribution < 1.29 is 30.8 Å². The van der Waals surface area contributed by atoms with Crippen molar-refractivity contribution >= 4 is 27.5 Å². The summed E-state index contributed by atoms with van der Waals surface area (Å²) < 4.78 is 80.7. The molecule has 194 valence electrons. The van der Waals surface area contributed by atoms with E-state index >= 15 is 0 Å². The Kier molecular flexibility index (Phi) is 7.27. The summed E-state index contributed by atoms with van der Waals surface area (Å²) in [5.41, 5.74) is 0.0198. The van der Waals surface area contributed by atoms with E-state index in [0.717, 1.165) is 16.4 Å². The number of alkyl halides is 4. The number of rotatable bonds is 6. The second kappa shape index (κ2) is 10.1. The van der Waals surface area contributed by atoms with E-state index in [9.17, 15) is 30.8 Å². The van der Waals surface area contributed by atoms with E-state index in [-0.39, 0.29) is 28.6 Å². The summed E-state index contributed by atoms with van der Waals surface area (Å²) in [6.07, 6.45) is -4.99. The van der Waals surface area contributed by atoms with Crippen molar-refractivity contribution in [2.24, 2.45) is 0 Å². The van der Waals surface area contributed by atoms with E-state index in [2.05, 4.69) is 10.4 Å². The van der Waals surface area contributed by atoms with Crippen LogP contribution in [0.25, 0.3) is 5.69 Å². The van der Waals surface area contributed by atoms with Crippen molar-refractivity contribution in [1.29, 1.82) is 5.26 Å². The summed E-state index contributed by atoms with van der Waals surface area (Å²) >= 11 is 6.12. The van der Waals surface area contributed by atoms with Crippen molar-refractivity contribution in [2.45, 2.75) is 36.3 Å². The zero-order chi connectivity index (χ0) is 27.0. The van der Waals surface area contributed by atoms with Gasteiger partial charge in [0.2, 0.25) is 15.9 Å². The number of nitriles is 1. The van der Waals surface area contributed by atoms with Crippen LogP contribution in [0.4, 0.5) is 17.6 Å². The molecular weight excluding hydrogens is 538 g/mol. The number of benzene rings is 2. The SMILES string of the molecule is N#Cc1ccc(S(=O)(=O)N2C[C@H](F)C[C@H]2C(=O)NCc2cn(-c3ccc(C(F)(F)F)cc3)nc2Cl)cc1. The average molecular weight is 556 g/mol. The normalized spacial score (nSPS) is 18.5. The molecular formula is C23H18ClF4N5O3S. The number of carbonyl (C=O) groups is 1. The Hall–Kier alpha value is -3.47. The first-order chi connectivity index (χ1) is 17.4. The van der Waals surface area contributed by atoms with Gasteiger partial charge in [-0.15, -0.1) is 0 Å². The zero-order valence-corrected chi connectivity index (χ0v) is 20.4. The summed E-state index contributed by atoms with van der Waals surface area (Å²) in [7, 11) is -4.23. The molecule has 1 N–H and O–H groups in total. The van der Waals surface area contributed by atoms with Crippen LogP contribution in [-0.4, -0.2) is 47.2 Å². The maximum Gasteiger partial charge on any atom is 0.416 e. The summed E-state index contributed by atoms with van der Waals surface area (Å²) in [4.78, 5) is 12.7. The third kappa shape index (κ3) is 5.61. The first-order valence-electron chi connectivity index (χ1n) is 10.8. The molecule has 1 amide bonds. The molecule has 3 aromatic rings. The molecule has 2 heterocycles. The highest BCUT2D eigenvalue weighted by Gasteiger charge is 2.44. The minimum absolute atomic E-state index is 0.0305. The fraction of sp³-hybridized carbons (Fsp3) is 0.261. The van der Waals surface area contributed by atoms with Gasteiger partial charge in [0.05, 0.1) is 27.8 Å². The number of halogens is 5. The Morgan fingerprint density at radius 2 is 1.81 bits per heavy atom. The summed E-state index contributed by atoms with van der Waals surface area (Å²) in [5, 5.41) is 15.4. The molecule has 37 heavy (non-hydrogen) atoms. The molecule has 14 heteroatoms. The first-order valence-corrected chi connectivity index (χ1v) is 12.6. The number of nitrogens with zero attached hydrogens (tertiary/aromatic N) is 4. The second-order valence-corrected chi connectivity index (χ2v) is 10.5. The van der Waals surface area contributed by atoms with E-state index in [1.54, 1.807) is 0 Å². The molecule has 2 aromatic carbocycles. The van der Waals surface area contributed by atoms with Crippen LogP contribution in [-0.2, 0) is 27.5 Å². The van der Waals surface area contributed by atoms with Gasteiger partial charge in [-0.05, 0) is 48.5 Å². The Labute approximate surface area is 214 Å². The lowest BCUT2D eigenvalue weighted by atomic mass is 10.2. The smallest absolute Gasteiger partial charge is 0.350 e. The fourth-order valence-corrected chi connectivity index (χ4v) is 5.66. The number of aromatic nitrogens is 2. The van der Waals surface area contributed by atoms with E-state index in [0.29, 0.717) is 11.3 Å². The Morgan fingerprint density at radius 3 is 2.41 bits per heavy atom. The molecule has 8 nitrogen and oxygen atoms in total. The number of nitrogens with one attached hydrogen (secondary N) is 1. The lowest BCUT2D eigenvalue weighted by Gasteiger charge is -2.23. The molecule has 1 fully saturated rings. The van der Waals surface area contributed by atoms with Gasteiger partial charge < -0.3 is 5.32 Å². The lowest BCUT2D eigenvalue weighted by molar-refractivity contribution is -0.137. The van der Waals surface area contributed by atoms with E-state index in [4.69, 9.17) is 16.9 Å². The van der Waals surface area contributed by atoms with Gasteiger partial charge in [-0.1, -0.05) is 11.6 Å². The molecule has 0 saturated carbocycles. The minimum Gasteiger partial charge on any atom is -0.350 e. The average Bonchev–Trinajstić information content (AvgIpc) is 3.45. The van der Waals surface area contributed by atoms with Gasteiger partial charge in [-0.2, -0.15) is 27.8 Å². The Balaban J connectivity index is 1.47. The molecule has 0 aliphatic carbocycles.